The average Bonchev–Trinajstić information content (AvgIpc) is 2.68. The van der Waals surface area contributed by atoms with Crippen molar-refractivity contribution < 1.29 is 19.4 Å². The molecule has 1 atom stereocenters. The highest BCUT2D eigenvalue weighted by Gasteiger charge is 2.21. The molecule has 0 aromatic heterocycles. The quantitative estimate of drug-likeness (QED) is 0.136. The summed E-state index contributed by atoms with van der Waals surface area (Å²) in [5, 5.41) is 9.25. The van der Waals surface area contributed by atoms with E-state index in [4.69, 9.17) is 4.74 Å². The second-order valence-corrected chi connectivity index (χ2v) is 7.81. The van der Waals surface area contributed by atoms with E-state index in [9.17, 15) is 14.7 Å². The minimum absolute atomic E-state index is 0.00419. The zero-order valence-corrected chi connectivity index (χ0v) is 18.4. The largest absolute Gasteiger partial charge is 0.481 e. The topological polar surface area (TPSA) is 63.6 Å². The van der Waals surface area contributed by atoms with Gasteiger partial charge in [0.2, 0.25) is 0 Å². The Morgan fingerprint density at radius 1 is 0.821 bits per heavy atom. The molecule has 0 heterocycles. The first-order chi connectivity index (χ1) is 13.6. The average molecular weight is 397 g/mol. The van der Waals surface area contributed by atoms with Gasteiger partial charge in [-0.3, -0.25) is 9.59 Å². The van der Waals surface area contributed by atoms with Crippen molar-refractivity contribution in [3.8, 4) is 0 Å². The number of ether oxygens (including phenoxy) is 1. The van der Waals surface area contributed by atoms with Gasteiger partial charge in [0.25, 0.3) is 0 Å². The van der Waals surface area contributed by atoms with Crippen LogP contribution in [0.3, 0.4) is 0 Å². The fourth-order valence-electron chi connectivity index (χ4n) is 3.32. The molecule has 0 rings (SSSR count). The lowest BCUT2D eigenvalue weighted by atomic mass is 9.97. The number of hydrogen-bond donors (Lipinski definition) is 1. The second kappa shape index (κ2) is 20.4. The van der Waals surface area contributed by atoms with Gasteiger partial charge in [0.15, 0.2) is 0 Å². The predicted molar refractivity (Wildman–Crippen MR) is 116 cm³/mol. The molecule has 0 aliphatic rings. The molecular formula is C24H44O4. The molecule has 0 amide bonds. The summed E-state index contributed by atoms with van der Waals surface area (Å²) < 4.78 is 5.00. The molecule has 0 fully saturated rings. The molecule has 0 aromatic rings. The van der Waals surface area contributed by atoms with E-state index in [0.29, 0.717) is 13.0 Å². The number of allylic oxidation sites excluding steroid dienone is 2. The lowest BCUT2D eigenvalue weighted by molar-refractivity contribution is -0.151. The van der Waals surface area contributed by atoms with Crippen molar-refractivity contribution in [1.29, 1.82) is 0 Å². The molecule has 0 saturated heterocycles. The van der Waals surface area contributed by atoms with E-state index in [1.54, 1.807) is 0 Å². The van der Waals surface area contributed by atoms with Crippen LogP contribution in [0, 0.1) is 5.92 Å². The van der Waals surface area contributed by atoms with E-state index < -0.39 is 11.9 Å². The Hall–Kier alpha value is -1.32. The molecule has 28 heavy (non-hydrogen) atoms. The van der Waals surface area contributed by atoms with Gasteiger partial charge in [-0.05, 0) is 32.1 Å². The Bertz CT molecular complexity index is 403. The molecule has 4 nitrogen and oxygen atoms in total. The summed E-state index contributed by atoms with van der Waals surface area (Å²) in [7, 11) is 0. The van der Waals surface area contributed by atoms with Crippen LogP contribution in [0.15, 0.2) is 12.2 Å². The van der Waals surface area contributed by atoms with Crippen molar-refractivity contribution in [1.82, 2.24) is 0 Å². The van der Waals surface area contributed by atoms with Crippen LogP contribution in [0.1, 0.15) is 117 Å². The van der Waals surface area contributed by atoms with Crippen LogP contribution >= 0.6 is 0 Å². The SMILES string of the molecule is CC/C=C/CCCCCCCCCCCCCC(CC(=O)OCCC)C(=O)O. The van der Waals surface area contributed by atoms with Crippen molar-refractivity contribution in [2.75, 3.05) is 6.61 Å². The Kier molecular flexibility index (Phi) is 19.5. The number of unbranched alkanes of at least 4 members (excludes halogenated alkanes) is 11. The minimum atomic E-state index is -0.880. The summed E-state index contributed by atoms with van der Waals surface area (Å²) in [6, 6.07) is 0. The standard InChI is InChI=1S/C24H44O4/c1-3-5-6-7-8-9-10-11-12-13-14-15-16-17-18-19-22(24(26)27)21-23(25)28-20-4-2/h5-6,22H,3-4,7-21H2,1-2H3,(H,26,27)/b6-5+. The highest BCUT2D eigenvalue weighted by molar-refractivity contribution is 5.78. The fourth-order valence-corrected chi connectivity index (χ4v) is 3.32. The van der Waals surface area contributed by atoms with E-state index in [1.807, 2.05) is 6.92 Å². The molecule has 0 spiro atoms. The number of carboxylic acids is 1. The van der Waals surface area contributed by atoms with Crippen LogP contribution in [0.25, 0.3) is 0 Å². The molecule has 0 aliphatic heterocycles. The van der Waals surface area contributed by atoms with Gasteiger partial charge in [-0.1, -0.05) is 90.2 Å². The number of aliphatic carboxylic acids is 1. The molecule has 0 saturated carbocycles. The minimum Gasteiger partial charge on any atom is -0.481 e. The van der Waals surface area contributed by atoms with Crippen LogP contribution in [0.4, 0.5) is 0 Å². The van der Waals surface area contributed by atoms with Crippen molar-refractivity contribution in [3.63, 3.8) is 0 Å². The van der Waals surface area contributed by atoms with Crippen molar-refractivity contribution >= 4 is 11.9 Å². The van der Waals surface area contributed by atoms with E-state index in [0.717, 1.165) is 32.1 Å². The first kappa shape index (κ1) is 26.7. The molecule has 4 heteroatoms. The number of esters is 1. The summed E-state index contributed by atoms with van der Waals surface area (Å²) in [5.41, 5.74) is 0. The van der Waals surface area contributed by atoms with Crippen molar-refractivity contribution in [2.24, 2.45) is 5.92 Å². The van der Waals surface area contributed by atoms with Crippen molar-refractivity contribution in [3.05, 3.63) is 12.2 Å². The zero-order chi connectivity index (χ0) is 20.9. The first-order valence-electron chi connectivity index (χ1n) is 11.6. The van der Waals surface area contributed by atoms with Crippen LogP contribution in [0.2, 0.25) is 0 Å². The smallest absolute Gasteiger partial charge is 0.307 e. The normalized spacial score (nSPS) is 12.4. The predicted octanol–water partition coefficient (Wildman–Crippen LogP) is 7.07. The summed E-state index contributed by atoms with van der Waals surface area (Å²) in [4.78, 5) is 22.9. The maximum Gasteiger partial charge on any atom is 0.307 e. The third-order valence-electron chi connectivity index (χ3n) is 5.06. The second-order valence-electron chi connectivity index (χ2n) is 7.81. The van der Waals surface area contributed by atoms with E-state index in [2.05, 4.69) is 19.1 Å². The van der Waals surface area contributed by atoms with Gasteiger partial charge in [0.05, 0.1) is 18.9 Å². The molecule has 0 radical (unpaired) electrons. The van der Waals surface area contributed by atoms with E-state index in [-0.39, 0.29) is 12.4 Å². The molecule has 0 aromatic carbocycles. The molecule has 1 unspecified atom stereocenters. The third kappa shape index (κ3) is 18.1. The Morgan fingerprint density at radius 2 is 1.36 bits per heavy atom. The van der Waals surface area contributed by atoms with Crippen molar-refractivity contribution in [2.45, 2.75) is 117 Å². The van der Waals surface area contributed by atoms with Gasteiger partial charge in [0.1, 0.15) is 0 Å². The molecule has 1 N–H and O–H groups in total. The number of carbonyl (C=O) groups is 2. The fraction of sp³-hybridized carbons (Fsp3) is 0.833. The number of carboxylic acid groups (broad SMARTS) is 1. The van der Waals surface area contributed by atoms with E-state index >= 15 is 0 Å². The summed E-state index contributed by atoms with van der Waals surface area (Å²) in [5.74, 6) is -1.86. The van der Waals surface area contributed by atoms with Crippen LogP contribution in [0.5, 0.6) is 0 Å². The molecular weight excluding hydrogens is 352 g/mol. The lowest BCUT2D eigenvalue weighted by Gasteiger charge is -2.11. The number of hydrogen-bond acceptors (Lipinski definition) is 3. The highest BCUT2D eigenvalue weighted by atomic mass is 16.5. The van der Waals surface area contributed by atoms with Gasteiger partial charge >= 0.3 is 11.9 Å². The Morgan fingerprint density at radius 3 is 1.86 bits per heavy atom. The monoisotopic (exact) mass is 396 g/mol. The highest BCUT2D eigenvalue weighted by Crippen LogP contribution is 2.17. The van der Waals surface area contributed by atoms with Gasteiger partial charge in [-0.25, -0.2) is 0 Å². The van der Waals surface area contributed by atoms with Gasteiger partial charge in [-0.2, -0.15) is 0 Å². The van der Waals surface area contributed by atoms with Gasteiger partial charge < -0.3 is 9.84 Å². The first-order valence-corrected chi connectivity index (χ1v) is 11.6. The summed E-state index contributed by atoms with van der Waals surface area (Å²) in [6.45, 7) is 4.48. The Balaban J connectivity index is 3.48. The van der Waals surface area contributed by atoms with Crippen LogP contribution in [-0.4, -0.2) is 23.7 Å². The summed E-state index contributed by atoms with van der Waals surface area (Å²) >= 11 is 0. The van der Waals surface area contributed by atoms with Crippen LogP contribution < -0.4 is 0 Å². The maximum atomic E-state index is 11.6. The number of carbonyl (C=O) groups excluding carboxylic acids is 1. The third-order valence-corrected chi connectivity index (χ3v) is 5.06. The Labute approximate surface area is 173 Å². The molecule has 0 bridgehead atoms. The van der Waals surface area contributed by atoms with E-state index in [1.165, 1.54) is 57.8 Å². The van der Waals surface area contributed by atoms with Gasteiger partial charge in [-0.15, -0.1) is 0 Å². The van der Waals surface area contributed by atoms with Crippen LogP contribution in [-0.2, 0) is 14.3 Å². The lowest BCUT2D eigenvalue weighted by Crippen LogP contribution is -2.19. The maximum absolute atomic E-state index is 11.6. The summed E-state index contributed by atoms with van der Waals surface area (Å²) in [6.07, 6.45) is 21.9. The molecule has 164 valence electrons. The van der Waals surface area contributed by atoms with Gasteiger partial charge in [0, 0.05) is 0 Å². The number of rotatable bonds is 20. The zero-order valence-electron chi connectivity index (χ0n) is 18.4. The molecule has 0 aliphatic carbocycles.